The Labute approximate surface area is 110 Å². The van der Waals surface area contributed by atoms with Crippen molar-refractivity contribution in [2.75, 3.05) is 6.61 Å². The molecule has 18 heavy (non-hydrogen) atoms. The average Bonchev–Trinajstić information content (AvgIpc) is 2.41. The minimum atomic E-state index is 0.0731. The van der Waals surface area contributed by atoms with Gasteiger partial charge in [0, 0.05) is 6.04 Å². The van der Waals surface area contributed by atoms with Crippen LogP contribution in [0.5, 0.6) is 0 Å². The Balaban J connectivity index is 2.02. The maximum atomic E-state index is 9.60. The summed E-state index contributed by atoms with van der Waals surface area (Å²) in [4.78, 5) is 0. The Bertz CT molecular complexity index is 351. The van der Waals surface area contributed by atoms with Gasteiger partial charge in [-0.2, -0.15) is 0 Å². The van der Waals surface area contributed by atoms with Gasteiger partial charge in [-0.3, -0.25) is 0 Å². The van der Waals surface area contributed by atoms with Crippen LogP contribution >= 0.6 is 0 Å². The van der Waals surface area contributed by atoms with E-state index in [4.69, 9.17) is 0 Å². The van der Waals surface area contributed by atoms with Crippen molar-refractivity contribution in [3.05, 3.63) is 35.9 Å². The standard InChI is InChI=1S/C16H25NO/c1-12-7-6-10-15(13(12)2)17-16(11-18)14-8-4-3-5-9-14/h3-5,8-9,12-13,15-18H,6-7,10-11H2,1-2H3/t12?,13?,15?,16-/m0/s1. The fraction of sp³-hybridized carbons (Fsp3) is 0.625. The van der Waals surface area contributed by atoms with Crippen molar-refractivity contribution in [1.29, 1.82) is 0 Å². The van der Waals surface area contributed by atoms with E-state index >= 15 is 0 Å². The van der Waals surface area contributed by atoms with Crippen molar-refractivity contribution in [2.24, 2.45) is 11.8 Å². The number of aliphatic hydroxyl groups is 1. The zero-order valence-electron chi connectivity index (χ0n) is 11.5. The second kappa shape index (κ2) is 6.35. The molecule has 1 aliphatic carbocycles. The van der Waals surface area contributed by atoms with Gasteiger partial charge in [-0.1, -0.05) is 57.0 Å². The molecule has 0 saturated heterocycles. The third kappa shape index (κ3) is 3.12. The molecule has 1 aromatic rings. The van der Waals surface area contributed by atoms with E-state index in [1.165, 1.54) is 24.8 Å². The van der Waals surface area contributed by atoms with Crippen molar-refractivity contribution >= 4 is 0 Å². The Kier molecular flexibility index (Phi) is 4.79. The van der Waals surface area contributed by atoms with Gasteiger partial charge in [0.15, 0.2) is 0 Å². The van der Waals surface area contributed by atoms with Gasteiger partial charge in [0.25, 0.3) is 0 Å². The zero-order valence-corrected chi connectivity index (χ0v) is 11.5. The van der Waals surface area contributed by atoms with E-state index in [0.29, 0.717) is 12.0 Å². The van der Waals surface area contributed by atoms with Gasteiger partial charge in [0.05, 0.1) is 12.6 Å². The topological polar surface area (TPSA) is 32.3 Å². The summed E-state index contributed by atoms with van der Waals surface area (Å²) in [7, 11) is 0. The molecule has 4 atom stereocenters. The predicted octanol–water partition coefficient (Wildman–Crippen LogP) is 3.13. The summed E-state index contributed by atoms with van der Waals surface area (Å²) in [6, 6.07) is 10.9. The fourth-order valence-corrected chi connectivity index (χ4v) is 3.02. The highest BCUT2D eigenvalue weighted by atomic mass is 16.3. The van der Waals surface area contributed by atoms with Crippen LogP contribution in [0.1, 0.15) is 44.7 Å². The Morgan fingerprint density at radius 1 is 1.22 bits per heavy atom. The molecule has 1 aromatic carbocycles. The van der Waals surface area contributed by atoms with E-state index in [2.05, 4.69) is 31.3 Å². The van der Waals surface area contributed by atoms with Gasteiger partial charge in [0.1, 0.15) is 0 Å². The summed E-state index contributed by atoms with van der Waals surface area (Å²) in [6.45, 7) is 4.84. The molecule has 0 aromatic heterocycles. The molecule has 1 aliphatic rings. The molecule has 2 nitrogen and oxygen atoms in total. The van der Waals surface area contributed by atoms with E-state index in [0.717, 1.165) is 5.92 Å². The van der Waals surface area contributed by atoms with Crippen LogP contribution < -0.4 is 5.32 Å². The average molecular weight is 247 g/mol. The van der Waals surface area contributed by atoms with Gasteiger partial charge >= 0.3 is 0 Å². The monoisotopic (exact) mass is 247 g/mol. The highest BCUT2D eigenvalue weighted by molar-refractivity contribution is 5.19. The summed E-state index contributed by atoms with van der Waals surface area (Å²) < 4.78 is 0. The lowest BCUT2D eigenvalue weighted by atomic mass is 9.77. The van der Waals surface area contributed by atoms with Gasteiger partial charge in [-0.15, -0.1) is 0 Å². The van der Waals surface area contributed by atoms with Crippen LogP contribution in [0.4, 0.5) is 0 Å². The summed E-state index contributed by atoms with van der Waals surface area (Å²) in [6.07, 6.45) is 3.87. The lowest BCUT2D eigenvalue weighted by molar-refractivity contribution is 0.165. The molecule has 1 fully saturated rings. The third-order valence-electron chi connectivity index (χ3n) is 4.51. The number of nitrogens with one attached hydrogen (secondary N) is 1. The first-order valence-corrected chi connectivity index (χ1v) is 7.14. The number of aliphatic hydroxyl groups excluding tert-OH is 1. The van der Waals surface area contributed by atoms with E-state index < -0.39 is 0 Å². The van der Waals surface area contributed by atoms with Crippen molar-refractivity contribution in [1.82, 2.24) is 5.32 Å². The molecule has 100 valence electrons. The number of hydrogen-bond donors (Lipinski definition) is 2. The molecule has 2 N–H and O–H groups in total. The van der Waals surface area contributed by atoms with Crippen molar-refractivity contribution in [3.63, 3.8) is 0 Å². The first-order chi connectivity index (χ1) is 8.72. The van der Waals surface area contributed by atoms with Crippen LogP contribution in [0.3, 0.4) is 0 Å². The van der Waals surface area contributed by atoms with Gasteiger partial charge in [-0.25, -0.2) is 0 Å². The van der Waals surface area contributed by atoms with Crippen LogP contribution in [0.15, 0.2) is 30.3 Å². The molecule has 1 saturated carbocycles. The van der Waals surface area contributed by atoms with E-state index in [1.807, 2.05) is 18.2 Å². The smallest absolute Gasteiger partial charge is 0.0626 e. The minimum Gasteiger partial charge on any atom is -0.394 e. The molecule has 0 spiro atoms. The molecule has 0 amide bonds. The molecule has 0 radical (unpaired) electrons. The van der Waals surface area contributed by atoms with Crippen LogP contribution in [0, 0.1) is 11.8 Å². The highest BCUT2D eigenvalue weighted by Crippen LogP contribution is 2.31. The van der Waals surface area contributed by atoms with Crippen LogP contribution in [-0.4, -0.2) is 17.8 Å². The first kappa shape index (κ1) is 13.6. The molecule has 2 rings (SSSR count). The predicted molar refractivity (Wildman–Crippen MR) is 75.4 cm³/mol. The maximum Gasteiger partial charge on any atom is 0.0626 e. The summed E-state index contributed by atoms with van der Waals surface area (Å²) in [5.41, 5.74) is 1.19. The van der Waals surface area contributed by atoms with Crippen molar-refractivity contribution < 1.29 is 5.11 Å². The fourth-order valence-electron chi connectivity index (χ4n) is 3.02. The molecular weight excluding hydrogens is 222 g/mol. The first-order valence-electron chi connectivity index (χ1n) is 7.14. The molecule has 2 heteroatoms. The Morgan fingerprint density at radius 2 is 1.94 bits per heavy atom. The largest absolute Gasteiger partial charge is 0.394 e. The lowest BCUT2D eigenvalue weighted by Crippen LogP contribution is -2.43. The van der Waals surface area contributed by atoms with Crippen molar-refractivity contribution in [3.8, 4) is 0 Å². The zero-order chi connectivity index (χ0) is 13.0. The van der Waals surface area contributed by atoms with E-state index in [1.54, 1.807) is 0 Å². The Morgan fingerprint density at radius 3 is 2.61 bits per heavy atom. The summed E-state index contributed by atoms with van der Waals surface area (Å²) in [5, 5.41) is 13.3. The number of benzene rings is 1. The SMILES string of the molecule is CC1CCCC(N[C@@H](CO)c2ccccc2)C1C. The number of rotatable bonds is 4. The molecule has 0 bridgehead atoms. The Hall–Kier alpha value is -0.860. The van der Waals surface area contributed by atoms with E-state index in [9.17, 15) is 5.11 Å². The van der Waals surface area contributed by atoms with E-state index in [-0.39, 0.29) is 12.6 Å². The lowest BCUT2D eigenvalue weighted by Gasteiger charge is -2.37. The highest BCUT2D eigenvalue weighted by Gasteiger charge is 2.28. The quantitative estimate of drug-likeness (QED) is 0.856. The van der Waals surface area contributed by atoms with Gasteiger partial charge in [-0.05, 0) is 23.8 Å². The summed E-state index contributed by atoms with van der Waals surface area (Å²) in [5.74, 6) is 1.47. The molecule has 0 heterocycles. The maximum absolute atomic E-state index is 9.60. The molecule has 0 aliphatic heterocycles. The normalized spacial score (nSPS) is 30.1. The third-order valence-corrected chi connectivity index (χ3v) is 4.51. The van der Waals surface area contributed by atoms with Crippen molar-refractivity contribution in [2.45, 2.75) is 45.2 Å². The minimum absolute atomic E-state index is 0.0731. The summed E-state index contributed by atoms with van der Waals surface area (Å²) >= 11 is 0. The molecule has 3 unspecified atom stereocenters. The van der Waals surface area contributed by atoms with Crippen LogP contribution in [0.25, 0.3) is 0 Å². The number of hydrogen-bond acceptors (Lipinski definition) is 2. The second-order valence-corrected chi connectivity index (χ2v) is 5.69. The van der Waals surface area contributed by atoms with Gasteiger partial charge in [0.2, 0.25) is 0 Å². The van der Waals surface area contributed by atoms with Crippen LogP contribution in [0.2, 0.25) is 0 Å². The van der Waals surface area contributed by atoms with Crippen LogP contribution in [-0.2, 0) is 0 Å². The van der Waals surface area contributed by atoms with Gasteiger partial charge < -0.3 is 10.4 Å². The second-order valence-electron chi connectivity index (χ2n) is 5.69. The molecular formula is C16H25NO.